The van der Waals surface area contributed by atoms with E-state index in [1.165, 1.54) is 0 Å². The van der Waals surface area contributed by atoms with E-state index in [9.17, 15) is 9.59 Å². The van der Waals surface area contributed by atoms with Crippen LogP contribution in [-0.2, 0) is 9.59 Å². The van der Waals surface area contributed by atoms with Crippen molar-refractivity contribution in [3.8, 4) is 0 Å². The van der Waals surface area contributed by atoms with Gasteiger partial charge in [0.2, 0.25) is 0 Å². The molecular formula is C10H11ClO2. The van der Waals surface area contributed by atoms with E-state index in [0.29, 0.717) is 11.6 Å². The van der Waals surface area contributed by atoms with Gasteiger partial charge in [0.15, 0.2) is 0 Å². The van der Waals surface area contributed by atoms with Crippen LogP contribution in [-0.4, -0.2) is 16.9 Å². The molecule has 4 saturated carbocycles. The lowest BCUT2D eigenvalue weighted by atomic mass is 9.55. The lowest BCUT2D eigenvalue weighted by Crippen LogP contribution is -2.56. The molecule has 0 aromatic rings. The maximum Gasteiger partial charge on any atom is 0.140 e. The van der Waals surface area contributed by atoms with Gasteiger partial charge in [-0.05, 0) is 19.3 Å². The van der Waals surface area contributed by atoms with Crippen molar-refractivity contribution < 1.29 is 9.59 Å². The second-order valence-electron chi connectivity index (χ2n) is 4.56. The first-order valence-corrected chi connectivity index (χ1v) is 5.33. The molecule has 70 valence electrons. The summed E-state index contributed by atoms with van der Waals surface area (Å²) in [5, 5.41) is -0.187. The Morgan fingerprint density at radius 1 is 0.923 bits per heavy atom. The fourth-order valence-corrected chi connectivity index (χ4v) is 3.76. The van der Waals surface area contributed by atoms with E-state index in [1.54, 1.807) is 0 Å². The molecule has 0 heterocycles. The Morgan fingerprint density at radius 3 is 1.85 bits per heavy atom. The highest BCUT2D eigenvalue weighted by molar-refractivity contribution is 6.25. The molecule has 0 aromatic heterocycles. The SMILES string of the molecule is O=C1[C@@H]2C[C@@H]3C[C@H]1C(Cl)[C@H](C2)C3=O. The Labute approximate surface area is 81.6 Å². The number of ketones is 2. The largest absolute Gasteiger partial charge is 0.299 e. The van der Waals surface area contributed by atoms with E-state index in [-0.39, 0.29) is 29.0 Å². The van der Waals surface area contributed by atoms with E-state index >= 15 is 0 Å². The van der Waals surface area contributed by atoms with Crippen molar-refractivity contribution in [2.45, 2.75) is 24.6 Å². The minimum absolute atomic E-state index is 0.00173. The summed E-state index contributed by atoms with van der Waals surface area (Å²) in [4.78, 5) is 23.4. The van der Waals surface area contributed by atoms with Crippen LogP contribution < -0.4 is 0 Å². The molecular weight excluding hydrogens is 188 g/mol. The van der Waals surface area contributed by atoms with Crippen LogP contribution in [0, 0.1) is 23.7 Å². The summed E-state index contributed by atoms with van der Waals surface area (Å²) in [7, 11) is 0. The topological polar surface area (TPSA) is 34.1 Å². The number of Topliss-reactive ketones (excluding diaryl/α,β-unsaturated/α-hetero) is 2. The van der Waals surface area contributed by atoms with E-state index in [1.807, 2.05) is 0 Å². The van der Waals surface area contributed by atoms with Crippen LogP contribution in [0.1, 0.15) is 19.3 Å². The van der Waals surface area contributed by atoms with Gasteiger partial charge in [0.05, 0.1) is 5.38 Å². The van der Waals surface area contributed by atoms with Gasteiger partial charge in [-0.1, -0.05) is 0 Å². The molecule has 0 aromatic carbocycles. The van der Waals surface area contributed by atoms with Gasteiger partial charge in [-0.2, -0.15) is 0 Å². The standard InChI is InChI=1S/C10H11ClO2/c11-8-6-2-4-1-5(10(6)13)3-7(8)9(4)12/h4-8H,1-3H2/t4-,5-,6+,7+/m1/s1. The van der Waals surface area contributed by atoms with Crippen LogP contribution in [0.2, 0.25) is 0 Å². The van der Waals surface area contributed by atoms with Crippen molar-refractivity contribution in [2.75, 3.05) is 0 Å². The molecule has 0 aliphatic heterocycles. The van der Waals surface area contributed by atoms with E-state index in [2.05, 4.69) is 0 Å². The highest BCUT2D eigenvalue weighted by atomic mass is 35.5. The molecule has 0 spiro atoms. The van der Waals surface area contributed by atoms with Crippen molar-refractivity contribution in [2.24, 2.45) is 23.7 Å². The van der Waals surface area contributed by atoms with Crippen molar-refractivity contribution >= 4 is 23.2 Å². The number of hydrogen-bond donors (Lipinski definition) is 0. The lowest BCUT2D eigenvalue weighted by molar-refractivity contribution is -0.150. The summed E-state index contributed by atoms with van der Waals surface area (Å²) >= 11 is 6.12. The molecule has 0 unspecified atom stereocenters. The molecule has 4 aliphatic carbocycles. The first kappa shape index (κ1) is 7.98. The van der Waals surface area contributed by atoms with E-state index in [0.717, 1.165) is 19.3 Å². The quantitative estimate of drug-likeness (QED) is 0.552. The molecule has 4 atom stereocenters. The van der Waals surface area contributed by atoms with Crippen LogP contribution in [0.25, 0.3) is 0 Å². The monoisotopic (exact) mass is 198 g/mol. The predicted octanol–water partition coefficient (Wildman–Crippen LogP) is 1.41. The van der Waals surface area contributed by atoms with Crippen LogP contribution in [0.4, 0.5) is 0 Å². The van der Waals surface area contributed by atoms with E-state index in [4.69, 9.17) is 11.6 Å². The van der Waals surface area contributed by atoms with Gasteiger partial charge >= 0.3 is 0 Å². The number of halogens is 1. The second kappa shape index (κ2) is 2.35. The normalized spacial score (nSPS) is 53.2. The molecule has 0 amide bonds. The lowest BCUT2D eigenvalue weighted by Gasteiger charge is -2.49. The molecule has 4 bridgehead atoms. The Morgan fingerprint density at radius 2 is 1.38 bits per heavy atom. The van der Waals surface area contributed by atoms with Crippen molar-refractivity contribution in [3.63, 3.8) is 0 Å². The van der Waals surface area contributed by atoms with Crippen LogP contribution in [0.5, 0.6) is 0 Å². The molecule has 13 heavy (non-hydrogen) atoms. The predicted molar refractivity (Wildman–Crippen MR) is 47.5 cm³/mol. The maximum atomic E-state index is 11.7. The summed E-state index contributed by atoms with van der Waals surface area (Å²) in [5.41, 5.74) is 0. The third kappa shape index (κ3) is 0.850. The zero-order valence-electron chi connectivity index (χ0n) is 7.20. The Hall–Kier alpha value is -0.370. The summed E-state index contributed by atoms with van der Waals surface area (Å²) in [6, 6.07) is 0. The molecule has 0 saturated heterocycles. The minimum Gasteiger partial charge on any atom is -0.299 e. The molecule has 0 N–H and O–H groups in total. The first-order valence-electron chi connectivity index (χ1n) is 4.90. The van der Waals surface area contributed by atoms with Gasteiger partial charge in [0.1, 0.15) is 11.6 Å². The van der Waals surface area contributed by atoms with Crippen molar-refractivity contribution in [3.05, 3.63) is 0 Å². The van der Waals surface area contributed by atoms with Crippen LogP contribution >= 0.6 is 11.6 Å². The molecule has 4 rings (SSSR count). The van der Waals surface area contributed by atoms with E-state index < -0.39 is 0 Å². The number of alkyl halides is 1. The molecule has 0 radical (unpaired) electrons. The van der Waals surface area contributed by atoms with Gasteiger partial charge < -0.3 is 0 Å². The van der Waals surface area contributed by atoms with Crippen LogP contribution in [0.15, 0.2) is 0 Å². The zero-order chi connectivity index (χ0) is 9.16. The minimum atomic E-state index is -0.187. The van der Waals surface area contributed by atoms with Gasteiger partial charge in [-0.3, -0.25) is 9.59 Å². The Balaban J connectivity index is 2.04. The van der Waals surface area contributed by atoms with Gasteiger partial charge in [0.25, 0.3) is 0 Å². The van der Waals surface area contributed by atoms with Gasteiger partial charge in [-0.15, -0.1) is 11.6 Å². The fourth-order valence-electron chi connectivity index (χ4n) is 3.31. The second-order valence-corrected chi connectivity index (χ2v) is 5.07. The van der Waals surface area contributed by atoms with Crippen molar-refractivity contribution in [1.29, 1.82) is 0 Å². The third-order valence-corrected chi connectivity index (χ3v) is 4.56. The highest BCUT2D eigenvalue weighted by Gasteiger charge is 2.56. The average Bonchev–Trinajstić information content (AvgIpc) is 2.10. The van der Waals surface area contributed by atoms with Gasteiger partial charge in [0, 0.05) is 23.7 Å². The molecule has 2 nitrogen and oxygen atoms in total. The average molecular weight is 199 g/mol. The van der Waals surface area contributed by atoms with Gasteiger partial charge in [-0.25, -0.2) is 0 Å². The third-order valence-electron chi connectivity index (χ3n) is 3.95. The molecule has 3 heteroatoms. The summed E-state index contributed by atoms with van der Waals surface area (Å²) in [6.45, 7) is 0. The maximum absolute atomic E-state index is 11.7. The summed E-state index contributed by atoms with van der Waals surface area (Å²) in [5.74, 6) is 1.01. The highest BCUT2D eigenvalue weighted by Crippen LogP contribution is 2.51. The Bertz CT molecular complexity index is 271. The Kier molecular flexibility index (Phi) is 1.44. The molecule has 4 fully saturated rings. The molecule has 4 aliphatic rings. The summed E-state index contributed by atoms with van der Waals surface area (Å²) < 4.78 is 0. The smallest absolute Gasteiger partial charge is 0.140 e. The number of rotatable bonds is 0. The van der Waals surface area contributed by atoms with Crippen molar-refractivity contribution in [1.82, 2.24) is 0 Å². The summed E-state index contributed by atoms with van der Waals surface area (Å²) in [6.07, 6.45) is 2.28. The zero-order valence-corrected chi connectivity index (χ0v) is 7.96. The number of hydrogen-bond acceptors (Lipinski definition) is 2. The fraction of sp³-hybridized carbons (Fsp3) is 0.800. The number of carbonyl (C=O) groups excluding carboxylic acids is 2. The first-order chi connectivity index (χ1) is 6.18. The van der Waals surface area contributed by atoms with Crippen LogP contribution in [0.3, 0.4) is 0 Å². The number of carbonyl (C=O) groups is 2.